The number of rotatable bonds is 4. The van der Waals surface area contributed by atoms with Crippen LogP contribution in [-0.2, 0) is 9.53 Å². The van der Waals surface area contributed by atoms with Gasteiger partial charge in [-0.2, -0.15) is 0 Å². The minimum absolute atomic E-state index is 0.302. The number of hydrogen-bond acceptors (Lipinski definition) is 2. The Kier molecular flexibility index (Phi) is 4.88. The van der Waals surface area contributed by atoms with Gasteiger partial charge in [0.25, 0.3) is 0 Å². The van der Waals surface area contributed by atoms with Gasteiger partial charge in [-0.1, -0.05) is 19.1 Å². The molecule has 1 radical (unpaired) electrons. The Hall–Kier alpha value is -0.790. The highest BCUT2D eigenvalue weighted by Gasteiger charge is 1.93. The molecule has 0 bridgehead atoms. The van der Waals surface area contributed by atoms with E-state index in [1.165, 1.54) is 6.47 Å². The molecule has 2 heteroatoms. The fourth-order valence-electron chi connectivity index (χ4n) is 0.550. The summed E-state index contributed by atoms with van der Waals surface area (Å²) >= 11 is 0. The van der Waals surface area contributed by atoms with E-state index in [-0.39, 0.29) is 0 Å². The zero-order valence-electron chi connectivity index (χ0n) is 5.76. The maximum atomic E-state index is 9.54. The van der Waals surface area contributed by atoms with E-state index in [2.05, 4.69) is 4.74 Å². The molecule has 0 saturated heterocycles. The van der Waals surface area contributed by atoms with Crippen molar-refractivity contribution in [2.75, 3.05) is 6.61 Å². The molecular formula is C7H11O2. The molecule has 1 atom stereocenters. The number of hydrogen-bond donors (Lipinski definition) is 0. The second-order valence-electron chi connectivity index (χ2n) is 1.90. The molecule has 0 aliphatic carbocycles. The molecule has 0 aromatic heterocycles. The molecule has 0 aliphatic heterocycles. The van der Waals surface area contributed by atoms with E-state index in [0.29, 0.717) is 12.5 Å². The van der Waals surface area contributed by atoms with Crippen LogP contribution in [0.2, 0.25) is 0 Å². The van der Waals surface area contributed by atoms with Crippen LogP contribution in [0.5, 0.6) is 0 Å². The summed E-state index contributed by atoms with van der Waals surface area (Å²) in [5, 5.41) is 0. The van der Waals surface area contributed by atoms with Crippen molar-refractivity contribution >= 4 is 6.47 Å². The molecule has 51 valence electrons. The molecule has 0 fully saturated rings. The largest absolute Gasteiger partial charge is 0.457 e. The third kappa shape index (κ3) is 5.07. The van der Waals surface area contributed by atoms with Crippen molar-refractivity contribution in [3.63, 3.8) is 0 Å². The van der Waals surface area contributed by atoms with Gasteiger partial charge in [0.05, 0.1) is 6.61 Å². The van der Waals surface area contributed by atoms with Gasteiger partial charge in [0.1, 0.15) is 0 Å². The summed E-state index contributed by atoms with van der Waals surface area (Å²) in [5.41, 5.74) is 0. The molecule has 0 N–H and O–H groups in total. The van der Waals surface area contributed by atoms with Crippen LogP contribution >= 0.6 is 0 Å². The lowest BCUT2D eigenvalue weighted by Gasteiger charge is -2.00. The van der Waals surface area contributed by atoms with Crippen molar-refractivity contribution in [2.24, 2.45) is 5.92 Å². The van der Waals surface area contributed by atoms with Crippen molar-refractivity contribution in [1.82, 2.24) is 0 Å². The molecule has 0 heterocycles. The highest BCUT2D eigenvalue weighted by atomic mass is 16.5. The van der Waals surface area contributed by atoms with Gasteiger partial charge in [0.2, 0.25) is 0 Å². The summed E-state index contributed by atoms with van der Waals surface area (Å²) < 4.78 is 4.39. The van der Waals surface area contributed by atoms with Gasteiger partial charge in [0.15, 0.2) is 0 Å². The average molecular weight is 127 g/mol. The van der Waals surface area contributed by atoms with Gasteiger partial charge >= 0.3 is 6.47 Å². The lowest BCUT2D eigenvalue weighted by molar-refractivity contribution is 0.252. The van der Waals surface area contributed by atoms with Crippen LogP contribution in [-0.4, -0.2) is 13.1 Å². The topological polar surface area (TPSA) is 26.3 Å². The molecule has 0 saturated carbocycles. The van der Waals surface area contributed by atoms with E-state index < -0.39 is 0 Å². The molecule has 0 spiro atoms. The highest BCUT2D eigenvalue weighted by molar-refractivity contribution is 5.38. The summed E-state index contributed by atoms with van der Waals surface area (Å²) in [7, 11) is 0. The first-order chi connectivity index (χ1) is 4.31. The van der Waals surface area contributed by atoms with E-state index in [1.54, 1.807) is 0 Å². The maximum Gasteiger partial charge on any atom is 0.417 e. The first-order valence-corrected chi connectivity index (χ1v) is 2.93. The Morgan fingerprint density at radius 3 is 2.89 bits per heavy atom. The Labute approximate surface area is 55.5 Å². The van der Waals surface area contributed by atoms with Crippen LogP contribution in [0.25, 0.3) is 0 Å². The average Bonchev–Trinajstić information content (AvgIpc) is 1.85. The molecule has 0 aromatic rings. The van der Waals surface area contributed by atoms with Crippen molar-refractivity contribution < 1.29 is 9.53 Å². The van der Waals surface area contributed by atoms with Crippen molar-refractivity contribution in [2.45, 2.75) is 13.8 Å². The lowest BCUT2D eigenvalue weighted by Crippen LogP contribution is -2.00. The fourth-order valence-corrected chi connectivity index (χ4v) is 0.550. The first-order valence-electron chi connectivity index (χ1n) is 2.93. The van der Waals surface area contributed by atoms with Gasteiger partial charge in [-0.15, -0.1) is 0 Å². The van der Waals surface area contributed by atoms with Crippen molar-refractivity contribution in [1.29, 1.82) is 0 Å². The van der Waals surface area contributed by atoms with Gasteiger partial charge in [-0.05, 0) is 6.92 Å². The van der Waals surface area contributed by atoms with E-state index in [4.69, 9.17) is 0 Å². The molecule has 0 amide bonds. The van der Waals surface area contributed by atoms with Gasteiger partial charge < -0.3 is 4.74 Å². The quantitative estimate of drug-likeness (QED) is 0.532. The maximum absolute atomic E-state index is 9.54. The fraction of sp³-hybridized carbons (Fsp3) is 0.571. The van der Waals surface area contributed by atoms with Crippen LogP contribution in [0.1, 0.15) is 13.8 Å². The smallest absolute Gasteiger partial charge is 0.417 e. The van der Waals surface area contributed by atoms with Gasteiger partial charge in [-0.3, -0.25) is 0 Å². The van der Waals surface area contributed by atoms with E-state index in [9.17, 15) is 4.79 Å². The van der Waals surface area contributed by atoms with E-state index in [0.717, 1.165) is 0 Å². The van der Waals surface area contributed by atoms with Gasteiger partial charge in [0, 0.05) is 5.92 Å². The number of allylic oxidation sites excluding steroid dienone is 1. The van der Waals surface area contributed by atoms with Crippen molar-refractivity contribution in [3.05, 3.63) is 12.2 Å². The molecule has 9 heavy (non-hydrogen) atoms. The summed E-state index contributed by atoms with van der Waals surface area (Å²) in [4.78, 5) is 9.54. The zero-order chi connectivity index (χ0) is 7.11. The summed E-state index contributed by atoms with van der Waals surface area (Å²) in [6, 6.07) is 0. The summed E-state index contributed by atoms with van der Waals surface area (Å²) in [6.45, 7) is 5.70. The monoisotopic (exact) mass is 127 g/mol. The van der Waals surface area contributed by atoms with E-state index in [1.807, 2.05) is 26.0 Å². The predicted molar refractivity (Wildman–Crippen MR) is 35.6 cm³/mol. The zero-order valence-corrected chi connectivity index (χ0v) is 5.76. The predicted octanol–water partition coefficient (Wildman–Crippen LogP) is 1.28. The van der Waals surface area contributed by atoms with Crippen LogP contribution in [0.15, 0.2) is 12.2 Å². The highest BCUT2D eigenvalue weighted by Crippen LogP contribution is 1.95. The summed E-state index contributed by atoms with van der Waals surface area (Å²) in [6.07, 6.45) is 3.90. The Morgan fingerprint density at radius 1 is 1.78 bits per heavy atom. The minimum atomic E-state index is 0.302. The van der Waals surface area contributed by atoms with Crippen LogP contribution < -0.4 is 0 Å². The second kappa shape index (κ2) is 5.35. The summed E-state index contributed by atoms with van der Waals surface area (Å²) in [5.74, 6) is 0.302. The van der Waals surface area contributed by atoms with Crippen LogP contribution in [0.4, 0.5) is 0 Å². The molecular weight excluding hydrogens is 116 g/mol. The molecule has 0 aromatic carbocycles. The minimum Gasteiger partial charge on any atom is -0.457 e. The standard InChI is InChI=1S/C7H11O2/c1-3-4-7(2)5-9-6-8/h3-4,7H,5H2,1-2H3/b4-3+. The third-order valence-electron chi connectivity index (χ3n) is 0.926. The molecule has 1 unspecified atom stereocenters. The lowest BCUT2D eigenvalue weighted by atomic mass is 10.2. The van der Waals surface area contributed by atoms with Gasteiger partial charge in [-0.25, -0.2) is 4.79 Å². The number of carbonyl (C=O) groups excluding carboxylic acids is 1. The Morgan fingerprint density at radius 2 is 2.44 bits per heavy atom. The Balaban J connectivity index is 3.25. The van der Waals surface area contributed by atoms with Crippen LogP contribution in [0, 0.1) is 5.92 Å². The van der Waals surface area contributed by atoms with Crippen LogP contribution in [0.3, 0.4) is 0 Å². The first kappa shape index (κ1) is 8.21. The van der Waals surface area contributed by atoms with Crippen molar-refractivity contribution in [3.8, 4) is 0 Å². The third-order valence-corrected chi connectivity index (χ3v) is 0.926. The Bertz CT molecular complexity index is 97.1. The molecule has 0 aliphatic rings. The second-order valence-corrected chi connectivity index (χ2v) is 1.90. The SMILES string of the molecule is C/C=C/C(C)CO[C]=O. The normalized spacial score (nSPS) is 13.6. The van der Waals surface area contributed by atoms with E-state index >= 15 is 0 Å². The number of ether oxygens (including phenoxy) is 1. The molecule has 2 nitrogen and oxygen atoms in total. The molecule has 0 rings (SSSR count).